The van der Waals surface area contributed by atoms with Crippen LogP contribution in [0.25, 0.3) is 0 Å². The molecule has 2 aromatic carbocycles. The largest absolute Gasteiger partial charge is 0.326 e. The van der Waals surface area contributed by atoms with Crippen molar-refractivity contribution in [3.63, 3.8) is 0 Å². The molecule has 8 heteroatoms. The van der Waals surface area contributed by atoms with Crippen molar-refractivity contribution in [2.75, 3.05) is 10.6 Å². The molecule has 0 fully saturated rings. The molecule has 6 N–H and O–H groups in total. The molecular weight excluding hydrogens is 375 g/mol. The zero-order valence-electron chi connectivity index (χ0n) is 14.6. The number of carbonyl (C=O) groups is 2. The van der Waals surface area contributed by atoms with Crippen LogP contribution in [-0.2, 0) is 9.59 Å². The lowest BCUT2D eigenvalue weighted by atomic mass is 9.94. The highest BCUT2D eigenvalue weighted by atomic mass is 35.5. The molecule has 2 aromatic rings. The number of rotatable bonds is 5. The topological polar surface area (TPSA) is 110 Å². The Bertz CT molecular complexity index is 657. The number of carbonyl (C=O) groups excluding carboxylic acids is 2. The van der Waals surface area contributed by atoms with Crippen LogP contribution in [0, 0.1) is 0 Å². The van der Waals surface area contributed by atoms with E-state index in [1.165, 1.54) is 13.8 Å². The number of hydrogen-bond acceptors (Lipinski definition) is 4. The van der Waals surface area contributed by atoms with Gasteiger partial charge in [-0.2, -0.15) is 0 Å². The van der Waals surface area contributed by atoms with Gasteiger partial charge in [0.2, 0.25) is 11.8 Å². The van der Waals surface area contributed by atoms with Crippen LogP contribution in [0.2, 0.25) is 0 Å². The summed E-state index contributed by atoms with van der Waals surface area (Å²) < 4.78 is 0. The summed E-state index contributed by atoms with van der Waals surface area (Å²) in [6.45, 7) is 2.92. The van der Waals surface area contributed by atoms with Gasteiger partial charge in [0, 0.05) is 37.3 Å². The van der Waals surface area contributed by atoms with Gasteiger partial charge in [-0.25, -0.2) is 0 Å². The van der Waals surface area contributed by atoms with Gasteiger partial charge >= 0.3 is 0 Å². The fraction of sp³-hybridized carbons (Fsp3) is 0.222. The smallest absolute Gasteiger partial charge is 0.221 e. The number of benzene rings is 2. The Morgan fingerprint density at radius 2 is 0.962 bits per heavy atom. The van der Waals surface area contributed by atoms with Crippen molar-refractivity contribution in [2.45, 2.75) is 25.9 Å². The van der Waals surface area contributed by atoms with Gasteiger partial charge in [0.25, 0.3) is 0 Å². The van der Waals surface area contributed by atoms with Gasteiger partial charge in [0.05, 0.1) is 0 Å². The minimum Gasteiger partial charge on any atom is -0.326 e. The molecule has 2 rings (SSSR count). The van der Waals surface area contributed by atoms with Gasteiger partial charge in [-0.05, 0) is 35.4 Å². The second kappa shape index (κ2) is 10.8. The second-order valence-electron chi connectivity index (χ2n) is 5.66. The summed E-state index contributed by atoms with van der Waals surface area (Å²) in [6, 6.07) is 13.8. The predicted molar refractivity (Wildman–Crippen MR) is 110 cm³/mol. The zero-order valence-corrected chi connectivity index (χ0v) is 16.2. The van der Waals surface area contributed by atoms with E-state index in [2.05, 4.69) is 10.6 Å². The van der Waals surface area contributed by atoms with E-state index in [0.29, 0.717) is 11.4 Å². The number of hydrogen-bond donors (Lipinski definition) is 4. The van der Waals surface area contributed by atoms with E-state index in [0.717, 1.165) is 11.1 Å². The molecule has 0 aliphatic heterocycles. The average molecular weight is 399 g/mol. The summed E-state index contributed by atoms with van der Waals surface area (Å²) in [5.41, 5.74) is 15.7. The Balaban J connectivity index is 0.00000312. The molecule has 142 valence electrons. The molecule has 2 amide bonds. The normalized spacial score (nSPS) is 12.0. The highest BCUT2D eigenvalue weighted by molar-refractivity contribution is 5.89. The van der Waals surface area contributed by atoms with E-state index < -0.39 is 0 Å². The van der Waals surface area contributed by atoms with Crippen LogP contribution in [0.15, 0.2) is 48.5 Å². The standard InChI is InChI=1S/C18H22N4O2.2ClH/c1-11(23)21-15-7-3-13(4-8-15)17(19)18(20)14-5-9-16(10-6-14)22-12(2)24;;/h3-10,17-18H,19-20H2,1-2H3,(H,21,23)(H,22,24);2*1H/t17-,18-;;/m0../s1. The van der Waals surface area contributed by atoms with Crippen LogP contribution in [0.4, 0.5) is 11.4 Å². The van der Waals surface area contributed by atoms with Crippen LogP contribution in [0.5, 0.6) is 0 Å². The Labute approximate surface area is 165 Å². The minimum absolute atomic E-state index is 0. The van der Waals surface area contributed by atoms with Crippen molar-refractivity contribution >= 4 is 48.0 Å². The third kappa shape index (κ3) is 6.65. The monoisotopic (exact) mass is 398 g/mol. The second-order valence-corrected chi connectivity index (χ2v) is 5.66. The molecule has 0 saturated heterocycles. The molecular formula is C18H24Cl2N4O2. The summed E-state index contributed by atoms with van der Waals surface area (Å²) >= 11 is 0. The molecule has 0 heterocycles. The van der Waals surface area contributed by atoms with E-state index >= 15 is 0 Å². The third-order valence-corrected chi connectivity index (χ3v) is 3.62. The molecule has 2 atom stereocenters. The molecule has 0 aliphatic rings. The van der Waals surface area contributed by atoms with Crippen LogP contribution in [0.3, 0.4) is 0 Å². The lowest BCUT2D eigenvalue weighted by Gasteiger charge is -2.21. The maximum atomic E-state index is 11.0. The number of halogens is 2. The number of nitrogens with two attached hydrogens (primary N) is 2. The molecule has 0 saturated carbocycles. The van der Waals surface area contributed by atoms with E-state index in [1.54, 1.807) is 24.3 Å². The first-order valence-electron chi connectivity index (χ1n) is 7.63. The number of amides is 2. The summed E-state index contributed by atoms with van der Waals surface area (Å²) in [7, 11) is 0. The van der Waals surface area contributed by atoms with Crippen molar-refractivity contribution in [1.82, 2.24) is 0 Å². The summed E-state index contributed by atoms with van der Waals surface area (Å²) in [5.74, 6) is -0.244. The van der Waals surface area contributed by atoms with Crippen LogP contribution in [-0.4, -0.2) is 11.8 Å². The Kier molecular flexibility index (Phi) is 9.90. The molecule has 0 radical (unpaired) electrons. The molecule has 0 spiro atoms. The van der Waals surface area contributed by atoms with Gasteiger partial charge in [-0.1, -0.05) is 24.3 Å². The maximum absolute atomic E-state index is 11.0. The highest BCUT2D eigenvalue weighted by Gasteiger charge is 2.17. The Morgan fingerprint density at radius 1 is 0.692 bits per heavy atom. The van der Waals surface area contributed by atoms with Crippen LogP contribution < -0.4 is 22.1 Å². The lowest BCUT2D eigenvalue weighted by molar-refractivity contribution is -0.115. The van der Waals surface area contributed by atoms with Gasteiger partial charge in [0.15, 0.2) is 0 Å². The summed E-state index contributed by atoms with van der Waals surface area (Å²) in [4.78, 5) is 22.1. The lowest BCUT2D eigenvalue weighted by Crippen LogP contribution is -2.26. The molecule has 0 bridgehead atoms. The summed E-state index contributed by atoms with van der Waals surface area (Å²) in [5, 5.41) is 5.42. The molecule has 26 heavy (non-hydrogen) atoms. The van der Waals surface area contributed by atoms with Crippen molar-refractivity contribution in [3.05, 3.63) is 59.7 Å². The van der Waals surface area contributed by atoms with Gasteiger partial charge in [-0.3, -0.25) is 9.59 Å². The van der Waals surface area contributed by atoms with Gasteiger partial charge in [-0.15, -0.1) is 24.8 Å². The summed E-state index contributed by atoms with van der Waals surface area (Å²) in [6.07, 6.45) is 0. The fourth-order valence-corrected chi connectivity index (χ4v) is 2.40. The first-order valence-corrected chi connectivity index (χ1v) is 7.63. The zero-order chi connectivity index (χ0) is 17.7. The SMILES string of the molecule is CC(=O)Nc1ccc([C@H](N)[C@@H](N)c2ccc(NC(C)=O)cc2)cc1.Cl.Cl. The van der Waals surface area contributed by atoms with Crippen LogP contribution in [0.1, 0.15) is 37.1 Å². The molecule has 0 aromatic heterocycles. The van der Waals surface area contributed by atoms with Crippen molar-refractivity contribution in [2.24, 2.45) is 11.5 Å². The first-order chi connectivity index (χ1) is 11.4. The Morgan fingerprint density at radius 3 is 1.19 bits per heavy atom. The Hall–Kier alpha value is -2.12. The van der Waals surface area contributed by atoms with E-state index in [1.807, 2.05) is 24.3 Å². The van der Waals surface area contributed by atoms with Gasteiger partial charge in [0.1, 0.15) is 0 Å². The number of nitrogens with one attached hydrogen (secondary N) is 2. The maximum Gasteiger partial charge on any atom is 0.221 e. The highest BCUT2D eigenvalue weighted by Crippen LogP contribution is 2.26. The van der Waals surface area contributed by atoms with E-state index in [9.17, 15) is 9.59 Å². The molecule has 0 aliphatic carbocycles. The average Bonchev–Trinajstić information content (AvgIpc) is 2.54. The number of anilines is 2. The van der Waals surface area contributed by atoms with Crippen molar-refractivity contribution < 1.29 is 9.59 Å². The van der Waals surface area contributed by atoms with E-state index in [-0.39, 0.29) is 48.7 Å². The minimum atomic E-state index is -0.386. The van der Waals surface area contributed by atoms with Crippen LogP contribution >= 0.6 is 24.8 Å². The predicted octanol–water partition coefficient (Wildman–Crippen LogP) is 3.15. The first kappa shape index (κ1) is 23.9. The van der Waals surface area contributed by atoms with E-state index in [4.69, 9.17) is 11.5 Å². The quantitative estimate of drug-likeness (QED) is 0.619. The van der Waals surface area contributed by atoms with Crippen molar-refractivity contribution in [3.8, 4) is 0 Å². The fourth-order valence-electron chi connectivity index (χ4n) is 2.40. The molecule has 6 nitrogen and oxygen atoms in total. The van der Waals surface area contributed by atoms with Gasteiger partial charge < -0.3 is 22.1 Å². The van der Waals surface area contributed by atoms with Crippen molar-refractivity contribution in [1.29, 1.82) is 0 Å². The third-order valence-electron chi connectivity index (χ3n) is 3.62. The molecule has 0 unspecified atom stereocenters.